The van der Waals surface area contributed by atoms with Crippen molar-refractivity contribution in [2.45, 2.75) is 0 Å². The Hall–Kier alpha value is -1.53. The first kappa shape index (κ1) is 15.4. The largest absolute Gasteiger partial charge is 0.457 e. The Balaban J connectivity index is 1.73. The average molecular weight is 347 g/mol. The minimum Gasteiger partial charge on any atom is -0.457 e. The molecule has 4 heteroatoms. The Morgan fingerprint density at radius 3 is 2.14 bits per heavy atom. The van der Waals surface area contributed by atoms with Crippen LogP contribution in [0.1, 0.15) is 0 Å². The van der Waals surface area contributed by atoms with Gasteiger partial charge in [0.05, 0.1) is 0 Å². The van der Waals surface area contributed by atoms with Gasteiger partial charge in [0.1, 0.15) is 11.5 Å². The molecule has 1 nitrogen and oxygen atoms in total. The fourth-order valence-corrected chi connectivity index (χ4v) is 3.58. The molecule has 0 fully saturated rings. The standard InChI is InChI=1S/C18H13Cl2OP/c19-13-6-11-17(20)18(12-13)22-16-9-7-15(8-10-16)21-14-4-2-1-3-5-14/h1-12,22H. The van der Waals surface area contributed by atoms with Crippen molar-refractivity contribution in [3.05, 3.63) is 82.8 Å². The SMILES string of the molecule is Clc1ccc(Cl)c(Pc2ccc(Oc3ccccc3)cc2)c1. The van der Waals surface area contributed by atoms with Crippen LogP contribution in [0.3, 0.4) is 0 Å². The van der Waals surface area contributed by atoms with Crippen LogP contribution in [0, 0.1) is 0 Å². The quantitative estimate of drug-likeness (QED) is 0.573. The zero-order valence-electron chi connectivity index (χ0n) is 11.6. The van der Waals surface area contributed by atoms with Crippen molar-refractivity contribution in [2.75, 3.05) is 0 Å². The normalized spacial score (nSPS) is 11.0. The van der Waals surface area contributed by atoms with Gasteiger partial charge in [-0.25, -0.2) is 0 Å². The summed E-state index contributed by atoms with van der Waals surface area (Å²) in [5.74, 6) is 1.65. The summed E-state index contributed by atoms with van der Waals surface area (Å²) in [7, 11) is 0.464. The molecule has 0 aliphatic heterocycles. The summed E-state index contributed by atoms with van der Waals surface area (Å²) in [6.45, 7) is 0. The van der Waals surface area contributed by atoms with Crippen molar-refractivity contribution < 1.29 is 4.74 Å². The second kappa shape index (κ2) is 7.15. The van der Waals surface area contributed by atoms with E-state index in [1.165, 1.54) is 5.30 Å². The van der Waals surface area contributed by atoms with Crippen molar-refractivity contribution >= 4 is 42.4 Å². The summed E-state index contributed by atoms with van der Waals surface area (Å²) < 4.78 is 5.78. The Morgan fingerprint density at radius 2 is 1.41 bits per heavy atom. The highest BCUT2D eigenvalue weighted by atomic mass is 35.5. The van der Waals surface area contributed by atoms with Gasteiger partial charge in [0.2, 0.25) is 0 Å². The van der Waals surface area contributed by atoms with Gasteiger partial charge in [0, 0.05) is 10.0 Å². The molecule has 22 heavy (non-hydrogen) atoms. The molecule has 3 rings (SSSR count). The van der Waals surface area contributed by atoms with E-state index in [9.17, 15) is 0 Å². The lowest BCUT2D eigenvalue weighted by molar-refractivity contribution is 0.483. The first-order chi connectivity index (χ1) is 10.7. The first-order valence-corrected chi connectivity index (χ1v) is 8.51. The van der Waals surface area contributed by atoms with Gasteiger partial charge in [0.15, 0.2) is 0 Å². The Labute approximate surface area is 141 Å². The van der Waals surface area contributed by atoms with Crippen LogP contribution in [0.15, 0.2) is 72.8 Å². The predicted molar refractivity (Wildman–Crippen MR) is 97.0 cm³/mol. The number of benzene rings is 3. The molecule has 0 saturated carbocycles. The molecule has 0 radical (unpaired) electrons. The molecule has 0 aliphatic rings. The fraction of sp³-hybridized carbons (Fsp3) is 0. The zero-order chi connectivity index (χ0) is 15.4. The summed E-state index contributed by atoms with van der Waals surface area (Å²) in [4.78, 5) is 0. The van der Waals surface area contributed by atoms with Crippen molar-refractivity contribution in [2.24, 2.45) is 0 Å². The summed E-state index contributed by atoms with van der Waals surface area (Å²) in [5, 5.41) is 3.68. The van der Waals surface area contributed by atoms with Crippen molar-refractivity contribution in [1.82, 2.24) is 0 Å². The molecule has 110 valence electrons. The molecule has 0 N–H and O–H groups in total. The van der Waals surface area contributed by atoms with Crippen LogP contribution in [0.4, 0.5) is 0 Å². The molecular weight excluding hydrogens is 334 g/mol. The van der Waals surface area contributed by atoms with Crippen LogP contribution in [-0.2, 0) is 0 Å². The zero-order valence-corrected chi connectivity index (χ0v) is 14.1. The van der Waals surface area contributed by atoms with Crippen LogP contribution in [-0.4, -0.2) is 0 Å². The monoisotopic (exact) mass is 346 g/mol. The van der Waals surface area contributed by atoms with Crippen LogP contribution < -0.4 is 15.3 Å². The lowest BCUT2D eigenvalue weighted by Crippen LogP contribution is -2.04. The highest BCUT2D eigenvalue weighted by molar-refractivity contribution is 7.55. The third kappa shape index (κ3) is 4.01. The highest BCUT2D eigenvalue weighted by Gasteiger charge is 2.04. The van der Waals surface area contributed by atoms with Crippen molar-refractivity contribution in [3.63, 3.8) is 0 Å². The fourth-order valence-electron chi connectivity index (χ4n) is 1.98. The van der Waals surface area contributed by atoms with E-state index in [1.54, 1.807) is 6.07 Å². The summed E-state index contributed by atoms with van der Waals surface area (Å²) in [5.41, 5.74) is 0. The van der Waals surface area contributed by atoms with Crippen LogP contribution in [0.5, 0.6) is 11.5 Å². The minimum absolute atomic E-state index is 0.464. The van der Waals surface area contributed by atoms with E-state index in [2.05, 4.69) is 0 Å². The molecular formula is C18H13Cl2OP. The van der Waals surface area contributed by atoms with Gasteiger partial charge in [-0.1, -0.05) is 62.1 Å². The van der Waals surface area contributed by atoms with Gasteiger partial charge in [-0.2, -0.15) is 0 Å². The number of para-hydroxylation sites is 1. The third-order valence-corrected chi connectivity index (χ3v) is 5.07. The molecule has 1 unspecified atom stereocenters. The minimum atomic E-state index is 0.464. The van der Waals surface area contributed by atoms with Crippen LogP contribution >= 0.6 is 31.8 Å². The molecule has 0 aromatic heterocycles. The van der Waals surface area contributed by atoms with Crippen molar-refractivity contribution in [1.29, 1.82) is 0 Å². The van der Waals surface area contributed by atoms with E-state index in [4.69, 9.17) is 27.9 Å². The van der Waals surface area contributed by atoms with E-state index in [0.717, 1.165) is 21.8 Å². The maximum absolute atomic E-state index is 6.21. The molecule has 0 amide bonds. The first-order valence-electron chi connectivity index (χ1n) is 6.76. The number of halogens is 2. The molecule has 3 aromatic rings. The Morgan fingerprint density at radius 1 is 0.727 bits per heavy atom. The highest BCUT2D eigenvalue weighted by Crippen LogP contribution is 2.24. The van der Waals surface area contributed by atoms with Gasteiger partial charge >= 0.3 is 0 Å². The molecule has 3 aromatic carbocycles. The Kier molecular flexibility index (Phi) is 5.00. The van der Waals surface area contributed by atoms with Gasteiger partial charge in [-0.15, -0.1) is 0 Å². The molecule has 1 atom stereocenters. The van der Waals surface area contributed by atoms with E-state index in [-0.39, 0.29) is 0 Å². The lowest BCUT2D eigenvalue weighted by atomic mass is 10.3. The average Bonchev–Trinajstić information content (AvgIpc) is 2.54. The van der Waals surface area contributed by atoms with Gasteiger partial charge < -0.3 is 4.74 Å². The summed E-state index contributed by atoms with van der Waals surface area (Å²) >= 11 is 12.2. The van der Waals surface area contributed by atoms with Gasteiger partial charge in [-0.05, 0) is 53.1 Å². The second-order valence-corrected chi connectivity index (χ2v) is 6.90. The molecule has 0 spiro atoms. The van der Waals surface area contributed by atoms with Crippen LogP contribution in [0.2, 0.25) is 10.0 Å². The van der Waals surface area contributed by atoms with E-state index in [1.807, 2.05) is 66.7 Å². The predicted octanol–water partition coefficient (Wildman–Crippen LogP) is 5.42. The molecule has 0 bridgehead atoms. The molecule has 0 aliphatic carbocycles. The van der Waals surface area contributed by atoms with E-state index in [0.29, 0.717) is 13.6 Å². The summed E-state index contributed by atoms with van der Waals surface area (Å²) in [6, 6.07) is 23.3. The van der Waals surface area contributed by atoms with Crippen LogP contribution in [0.25, 0.3) is 0 Å². The number of hydrogen-bond donors (Lipinski definition) is 0. The van der Waals surface area contributed by atoms with E-state index >= 15 is 0 Å². The lowest BCUT2D eigenvalue weighted by Gasteiger charge is -2.08. The number of ether oxygens (including phenoxy) is 1. The number of hydrogen-bond acceptors (Lipinski definition) is 1. The maximum atomic E-state index is 6.21. The van der Waals surface area contributed by atoms with E-state index < -0.39 is 0 Å². The molecule has 0 saturated heterocycles. The van der Waals surface area contributed by atoms with Gasteiger partial charge in [0.25, 0.3) is 0 Å². The smallest absolute Gasteiger partial charge is 0.127 e. The van der Waals surface area contributed by atoms with Gasteiger partial charge in [-0.3, -0.25) is 0 Å². The Bertz CT molecular complexity index is 758. The summed E-state index contributed by atoms with van der Waals surface area (Å²) in [6.07, 6.45) is 0. The topological polar surface area (TPSA) is 9.23 Å². The second-order valence-electron chi connectivity index (χ2n) is 4.69. The third-order valence-electron chi connectivity index (χ3n) is 3.04. The molecule has 0 heterocycles. The number of rotatable bonds is 4. The maximum Gasteiger partial charge on any atom is 0.127 e. The van der Waals surface area contributed by atoms with Crippen molar-refractivity contribution in [3.8, 4) is 11.5 Å².